The van der Waals surface area contributed by atoms with Gasteiger partial charge in [-0.15, -0.1) is 10.2 Å². The van der Waals surface area contributed by atoms with Crippen LogP contribution in [0.25, 0.3) is 45.0 Å². The number of hydrogen-bond acceptors (Lipinski definition) is 8. The van der Waals surface area contributed by atoms with Gasteiger partial charge in [-0.2, -0.15) is 5.10 Å². The van der Waals surface area contributed by atoms with Crippen molar-refractivity contribution in [1.29, 1.82) is 0 Å². The highest BCUT2D eigenvalue weighted by atomic mass is 32.2. The number of thioether (sulfide) groups is 1. The van der Waals surface area contributed by atoms with Crippen molar-refractivity contribution in [2.45, 2.75) is 44.7 Å². The van der Waals surface area contributed by atoms with Gasteiger partial charge in [0.2, 0.25) is 5.89 Å². The molecule has 1 unspecified atom stereocenters. The van der Waals surface area contributed by atoms with Crippen LogP contribution in [0.3, 0.4) is 0 Å². The summed E-state index contributed by atoms with van der Waals surface area (Å²) in [6.07, 6.45) is 4.39. The van der Waals surface area contributed by atoms with Crippen molar-refractivity contribution in [3.05, 3.63) is 65.5 Å². The molecule has 2 aromatic carbocycles. The Hall–Kier alpha value is -4.18. The molecule has 1 aliphatic rings. The second kappa shape index (κ2) is 10.9. The lowest BCUT2D eigenvalue weighted by Gasteiger charge is -2.14. The first kappa shape index (κ1) is 26.7. The van der Waals surface area contributed by atoms with E-state index in [0.29, 0.717) is 11.8 Å². The maximum atomic E-state index is 6.15. The number of oxazole rings is 1. The Bertz CT molecular complexity index is 1920. The maximum absolute atomic E-state index is 6.15. The van der Waals surface area contributed by atoms with E-state index in [-0.39, 0.29) is 0 Å². The van der Waals surface area contributed by atoms with E-state index in [9.17, 15) is 0 Å². The molecule has 0 radical (unpaired) electrons. The maximum Gasteiger partial charge on any atom is 0.245 e. The lowest BCUT2D eigenvalue weighted by molar-refractivity contribution is 0.476. The van der Waals surface area contributed by atoms with Gasteiger partial charge in [-0.05, 0) is 75.8 Å². The van der Waals surface area contributed by atoms with E-state index in [1.807, 2.05) is 55.9 Å². The molecule has 1 atom stereocenters. The average molecular weight is 579 g/mol. The fourth-order valence-electron chi connectivity index (χ4n) is 6.00. The molecule has 1 aliphatic heterocycles. The monoisotopic (exact) mass is 578 g/mol. The van der Waals surface area contributed by atoms with E-state index < -0.39 is 0 Å². The van der Waals surface area contributed by atoms with Crippen LogP contribution in [0.2, 0.25) is 0 Å². The zero-order valence-corrected chi connectivity index (χ0v) is 25.2. The van der Waals surface area contributed by atoms with Crippen molar-refractivity contribution in [3.63, 3.8) is 0 Å². The Balaban J connectivity index is 0.983. The molecule has 0 aliphatic carbocycles. The third kappa shape index (κ3) is 4.93. The summed E-state index contributed by atoms with van der Waals surface area (Å²) in [6, 6.07) is 16.5. The fourth-order valence-corrected chi connectivity index (χ4v) is 6.87. The third-order valence-electron chi connectivity index (χ3n) is 8.21. The number of benzene rings is 2. The summed E-state index contributed by atoms with van der Waals surface area (Å²) < 4.78 is 10.1. The largest absolute Gasteiger partial charge is 0.435 e. The first-order valence-electron chi connectivity index (χ1n) is 14.5. The standard InChI is InChI=1S/C32H34N8OS/c1-19-10-12-22-23(8-5-9-26(22)34-19)30-36-37-32(39(30)3)42-16-6-7-21-11-13-24-25(33-18-21)14-15-28-29(24)35-31(41-28)27-17-20(2)38-40(27)4/h5,8-10,12,14-15,17,21,33H,6-7,11,13,16,18H2,1-4H3. The van der Waals surface area contributed by atoms with Crippen molar-refractivity contribution >= 4 is 39.5 Å². The van der Waals surface area contributed by atoms with Crippen LogP contribution in [0.5, 0.6) is 0 Å². The number of fused-ring (bicyclic) bond motifs is 4. The summed E-state index contributed by atoms with van der Waals surface area (Å²) in [5.41, 5.74) is 9.12. The number of aryl methyl sites for hydroxylation is 4. The second-order valence-corrected chi connectivity index (χ2v) is 12.3. The molecular weight excluding hydrogens is 544 g/mol. The molecule has 5 heterocycles. The van der Waals surface area contributed by atoms with Gasteiger partial charge in [-0.3, -0.25) is 9.67 Å². The summed E-state index contributed by atoms with van der Waals surface area (Å²) in [4.78, 5) is 9.59. The third-order valence-corrected chi connectivity index (χ3v) is 9.31. The van der Waals surface area contributed by atoms with Crippen LogP contribution in [0, 0.1) is 19.8 Å². The number of nitrogens with zero attached hydrogens (tertiary/aromatic N) is 7. The molecule has 42 heavy (non-hydrogen) atoms. The van der Waals surface area contributed by atoms with Crippen LogP contribution < -0.4 is 5.32 Å². The van der Waals surface area contributed by atoms with Crippen molar-refractivity contribution in [2.75, 3.05) is 17.6 Å². The van der Waals surface area contributed by atoms with Gasteiger partial charge >= 0.3 is 0 Å². The van der Waals surface area contributed by atoms with Crippen LogP contribution in [-0.4, -0.2) is 46.8 Å². The molecule has 10 heteroatoms. The second-order valence-electron chi connectivity index (χ2n) is 11.2. The van der Waals surface area contributed by atoms with Crippen molar-refractivity contribution in [1.82, 2.24) is 34.5 Å². The highest BCUT2D eigenvalue weighted by molar-refractivity contribution is 7.99. The van der Waals surface area contributed by atoms with Crippen LogP contribution in [0.4, 0.5) is 5.69 Å². The topological polar surface area (TPSA) is 99.5 Å². The summed E-state index contributed by atoms with van der Waals surface area (Å²) in [6.45, 7) is 4.97. The number of anilines is 1. The SMILES string of the molecule is Cc1ccc2c(-c3nnc(SCCCC4CCc5c(ccc6oc(-c7cc(C)nn7C)nc56)NC4)n3C)cccc2n1. The van der Waals surface area contributed by atoms with Crippen molar-refractivity contribution in [3.8, 4) is 23.0 Å². The zero-order valence-electron chi connectivity index (χ0n) is 24.4. The van der Waals surface area contributed by atoms with Gasteiger partial charge in [0.25, 0.3) is 0 Å². The molecule has 0 fully saturated rings. The van der Waals surface area contributed by atoms with Crippen LogP contribution in [0.1, 0.15) is 36.2 Å². The minimum absolute atomic E-state index is 0.598. The Morgan fingerprint density at radius 2 is 1.93 bits per heavy atom. The Kier molecular flexibility index (Phi) is 6.93. The van der Waals surface area contributed by atoms with Gasteiger partial charge in [0.1, 0.15) is 11.2 Å². The molecule has 0 saturated carbocycles. The number of pyridine rings is 1. The molecule has 4 aromatic heterocycles. The summed E-state index contributed by atoms with van der Waals surface area (Å²) in [5, 5.41) is 19.3. The molecule has 9 nitrogen and oxygen atoms in total. The Morgan fingerprint density at radius 3 is 2.79 bits per heavy atom. The Morgan fingerprint density at radius 1 is 1.02 bits per heavy atom. The lowest BCUT2D eigenvalue weighted by atomic mass is 9.96. The summed E-state index contributed by atoms with van der Waals surface area (Å²) >= 11 is 1.78. The predicted octanol–water partition coefficient (Wildman–Crippen LogP) is 6.74. The molecule has 214 valence electrons. The minimum Gasteiger partial charge on any atom is -0.435 e. The summed E-state index contributed by atoms with van der Waals surface area (Å²) in [5.74, 6) is 3.10. The number of hydrogen-bond donors (Lipinski definition) is 1. The molecule has 0 amide bonds. The van der Waals surface area contributed by atoms with Gasteiger partial charge in [0.15, 0.2) is 16.6 Å². The molecule has 7 rings (SSSR count). The van der Waals surface area contributed by atoms with E-state index in [2.05, 4.69) is 55.4 Å². The highest BCUT2D eigenvalue weighted by Gasteiger charge is 2.22. The number of aromatic nitrogens is 7. The van der Waals surface area contributed by atoms with Crippen molar-refractivity contribution < 1.29 is 4.42 Å². The van der Waals surface area contributed by atoms with E-state index in [1.165, 1.54) is 11.3 Å². The molecular formula is C32H34N8OS. The predicted molar refractivity (Wildman–Crippen MR) is 168 cm³/mol. The smallest absolute Gasteiger partial charge is 0.245 e. The lowest BCUT2D eigenvalue weighted by Crippen LogP contribution is -2.12. The van der Waals surface area contributed by atoms with Gasteiger partial charge in [-0.1, -0.05) is 30.0 Å². The van der Waals surface area contributed by atoms with E-state index in [4.69, 9.17) is 9.40 Å². The zero-order chi connectivity index (χ0) is 28.8. The van der Waals surface area contributed by atoms with Gasteiger partial charge in [-0.25, -0.2) is 4.98 Å². The quantitative estimate of drug-likeness (QED) is 0.164. The summed E-state index contributed by atoms with van der Waals surface area (Å²) in [7, 11) is 3.98. The molecule has 0 spiro atoms. The number of rotatable bonds is 7. The average Bonchev–Trinajstić information content (AvgIpc) is 3.62. The first-order valence-corrected chi connectivity index (χ1v) is 15.5. The molecule has 1 N–H and O–H groups in total. The molecule has 0 saturated heterocycles. The van der Waals surface area contributed by atoms with E-state index >= 15 is 0 Å². The van der Waals surface area contributed by atoms with E-state index in [0.717, 1.165) is 93.6 Å². The van der Waals surface area contributed by atoms with Gasteiger partial charge in [0, 0.05) is 54.3 Å². The van der Waals surface area contributed by atoms with Crippen molar-refractivity contribution in [2.24, 2.45) is 20.0 Å². The van der Waals surface area contributed by atoms with Gasteiger partial charge < -0.3 is 14.3 Å². The normalized spacial score (nSPS) is 15.2. The van der Waals surface area contributed by atoms with E-state index in [1.54, 1.807) is 11.8 Å². The molecule has 0 bridgehead atoms. The highest BCUT2D eigenvalue weighted by Crippen LogP contribution is 2.35. The fraction of sp³-hybridized carbons (Fsp3) is 0.344. The van der Waals surface area contributed by atoms with Crippen LogP contribution in [0.15, 0.2) is 58.1 Å². The van der Waals surface area contributed by atoms with Crippen LogP contribution in [-0.2, 0) is 20.5 Å². The van der Waals surface area contributed by atoms with Crippen LogP contribution >= 0.6 is 11.8 Å². The first-order chi connectivity index (χ1) is 20.4. The number of nitrogens with one attached hydrogen (secondary N) is 1. The Labute approximate surface area is 248 Å². The molecule has 6 aromatic rings. The minimum atomic E-state index is 0.598. The van der Waals surface area contributed by atoms with Gasteiger partial charge in [0.05, 0.1) is 11.2 Å².